The van der Waals surface area contributed by atoms with Crippen LogP contribution in [0.2, 0.25) is 0 Å². The fraction of sp³-hybridized carbons (Fsp3) is 0.714. The normalized spacial score (nSPS) is 26.2. The van der Waals surface area contributed by atoms with Crippen molar-refractivity contribution in [3.8, 4) is 0 Å². The fourth-order valence-electron chi connectivity index (χ4n) is 2.66. The number of rotatable bonds is 5. The van der Waals surface area contributed by atoms with Crippen molar-refractivity contribution in [1.82, 2.24) is 15.4 Å². The number of β-amino-alcohol motifs (C(OH)–C–C–N with tert-alkyl or cyclic N) is 1. The molecule has 1 aromatic heterocycles. The van der Waals surface area contributed by atoms with Crippen LogP contribution in [0.25, 0.3) is 0 Å². The van der Waals surface area contributed by atoms with E-state index in [4.69, 9.17) is 4.52 Å². The predicted molar refractivity (Wildman–Crippen MR) is 72.0 cm³/mol. The Labute approximate surface area is 118 Å². The molecule has 0 bridgehead atoms. The molecule has 2 fully saturated rings. The largest absolute Gasteiger partial charge is 0.391 e. The van der Waals surface area contributed by atoms with Gasteiger partial charge >= 0.3 is 0 Å². The van der Waals surface area contributed by atoms with E-state index in [-0.39, 0.29) is 11.8 Å². The lowest BCUT2D eigenvalue weighted by molar-refractivity contribution is -0.129. The Kier molecular flexibility index (Phi) is 3.76. The number of nitrogens with zero attached hydrogens (tertiary/aromatic N) is 2. The van der Waals surface area contributed by atoms with E-state index in [1.165, 1.54) is 12.8 Å². The fourth-order valence-corrected chi connectivity index (χ4v) is 2.66. The molecule has 1 amide bonds. The standard InChI is InChI=1S/C14H21N3O3/c1-9-4-12(20-16-9)5-10-7-17(8-13(10)18)14(19)6-15-11-2-3-11/h4,10-11,13,15,18H,2-3,5-8H2,1H3/t10-,13-/m1/s1. The van der Waals surface area contributed by atoms with Crippen LogP contribution in [-0.2, 0) is 11.2 Å². The lowest BCUT2D eigenvalue weighted by Crippen LogP contribution is -2.38. The molecule has 6 nitrogen and oxygen atoms in total. The van der Waals surface area contributed by atoms with Gasteiger partial charge in [-0.1, -0.05) is 5.16 Å². The summed E-state index contributed by atoms with van der Waals surface area (Å²) in [5, 5.41) is 17.2. The second kappa shape index (κ2) is 5.54. The molecule has 3 rings (SSSR count). The number of hydrogen-bond acceptors (Lipinski definition) is 5. The van der Waals surface area contributed by atoms with Gasteiger partial charge < -0.3 is 19.8 Å². The van der Waals surface area contributed by atoms with E-state index < -0.39 is 6.10 Å². The molecule has 1 saturated carbocycles. The maximum atomic E-state index is 12.0. The number of aliphatic hydroxyl groups is 1. The third-order valence-corrected chi connectivity index (χ3v) is 4.02. The Balaban J connectivity index is 1.51. The van der Waals surface area contributed by atoms with E-state index in [2.05, 4.69) is 10.5 Å². The van der Waals surface area contributed by atoms with Gasteiger partial charge in [0.25, 0.3) is 0 Å². The molecule has 2 aliphatic rings. The first-order chi connectivity index (χ1) is 9.61. The van der Waals surface area contributed by atoms with Gasteiger partial charge in [-0.25, -0.2) is 0 Å². The van der Waals surface area contributed by atoms with Crippen LogP contribution in [0, 0.1) is 12.8 Å². The number of carbonyl (C=O) groups is 1. The van der Waals surface area contributed by atoms with Gasteiger partial charge in [0, 0.05) is 37.5 Å². The van der Waals surface area contributed by atoms with Crippen LogP contribution in [-0.4, -0.2) is 52.9 Å². The Bertz CT molecular complexity index is 484. The molecule has 20 heavy (non-hydrogen) atoms. The predicted octanol–water partition coefficient (Wildman–Crippen LogP) is 0.0968. The summed E-state index contributed by atoms with van der Waals surface area (Å²) in [6, 6.07) is 2.41. The third kappa shape index (κ3) is 3.19. The van der Waals surface area contributed by atoms with Gasteiger partial charge in [-0.2, -0.15) is 0 Å². The molecule has 1 saturated heterocycles. The van der Waals surface area contributed by atoms with E-state index in [0.29, 0.717) is 32.1 Å². The molecule has 6 heteroatoms. The molecule has 2 N–H and O–H groups in total. The van der Waals surface area contributed by atoms with E-state index in [9.17, 15) is 9.90 Å². The van der Waals surface area contributed by atoms with Gasteiger partial charge in [0.1, 0.15) is 5.76 Å². The SMILES string of the molecule is Cc1cc(C[C@@H]2CN(C(=O)CNC3CC3)C[C@H]2O)on1. The zero-order chi connectivity index (χ0) is 14.1. The van der Waals surface area contributed by atoms with Gasteiger partial charge in [-0.05, 0) is 19.8 Å². The maximum absolute atomic E-state index is 12.0. The topological polar surface area (TPSA) is 78.6 Å². The van der Waals surface area contributed by atoms with Crippen LogP contribution in [0.4, 0.5) is 0 Å². The molecular weight excluding hydrogens is 258 g/mol. The highest BCUT2D eigenvalue weighted by Crippen LogP contribution is 2.22. The summed E-state index contributed by atoms with van der Waals surface area (Å²) in [4.78, 5) is 13.8. The number of hydrogen-bond donors (Lipinski definition) is 2. The first kappa shape index (κ1) is 13.6. The molecule has 0 unspecified atom stereocenters. The molecule has 0 spiro atoms. The summed E-state index contributed by atoms with van der Waals surface area (Å²) in [5.74, 6) is 0.886. The minimum atomic E-state index is -0.481. The first-order valence-corrected chi connectivity index (χ1v) is 7.23. The number of likely N-dealkylation sites (tertiary alicyclic amines) is 1. The highest BCUT2D eigenvalue weighted by Gasteiger charge is 2.35. The van der Waals surface area contributed by atoms with Crippen LogP contribution in [0.3, 0.4) is 0 Å². The summed E-state index contributed by atoms with van der Waals surface area (Å²) in [6.45, 7) is 3.26. The van der Waals surface area contributed by atoms with E-state index >= 15 is 0 Å². The molecule has 0 aromatic carbocycles. The van der Waals surface area contributed by atoms with Crippen molar-refractivity contribution >= 4 is 5.91 Å². The first-order valence-electron chi connectivity index (χ1n) is 7.23. The lowest BCUT2D eigenvalue weighted by Gasteiger charge is -2.16. The zero-order valence-corrected chi connectivity index (χ0v) is 11.7. The van der Waals surface area contributed by atoms with Crippen LogP contribution >= 0.6 is 0 Å². The molecule has 110 valence electrons. The number of amides is 1. The van der Waals surface area contributed by atoms with E-state index in [0.717, 1.165) is 11.5 Å². The smallest absolute Gasteiger partial charge is 0.236 e. The highest BCUT2D eigenvalue weighted by molar-refractivity contribution is 5.78. The van der Waals surface area contributed by atoms with Crippen molar-refractivity contribution in [2.45, 2.75) is 38.3 Å². The van der Waals surface area contributed by atoms with E-state index in [1.54, 1.807) is 4.90 Å². The van der Waals surface area contributed by atoms with E-state index in [1.807, 2.05) is 13.0 Å². The number of aryl methyl sites for hydroxylation is 1. The van der Waals surface area contributed by atoms with Crippen molar-refractivity contribution in [2.24, 2.45) is 5.92 Å². The summed E-state index contributed by atoms with van der Waals surface area (Å²) >= 11 is 0. The van der Waals surface area contributed by atoms with Gasteiger partial charge in [-0.3, -0.25) is 4.79 Å². The monoisotopic (exact) mass is 279 g/mol. The molecule has 1 aliphatic carbocycles. The maximum Gasteiger partial charge on any atom is 0.236 e. The van der Waals surface area contributed by atoms with Gasteiger partial charge in [0.2, 0.25) is 5.91 Å². The Hall–Kier alpha value is -1.40. The molecule has 2 heterocycles. The average molecular weight is 279 g/mol. The lowest BCUT2D eigenvalue weighted by atomic mass is 10.0. The summed E-state index contributed by atoms with van der Waals surface area (Å²) in [6.07, 6.45) is 2.49. The average Bonchev–Trinajstić information content (AvgIpc) is 3.06. The quantitative estimate of drug-likeness (QED) is 0.799. The number of carbonyl (C=O) groups excluding carboxylic acids is 1. The third-order valence-electron chi connectivity index (χ3n) is 4.02. The molecule has 2 atom stereocenters. The van der Waals surface area contributed by atoms with Crippen molar-refractivity contribution in [3.63, 3.8) is 0 Å². The van der Waals surface area contributed by atoms with Gasteiger partial charge in [0.05, 0.1) is 18.3 Å². The van der Waals surface area contributed by atoms with Gasteiger partial charge in [0.15, 0.2) is 0 Å². The summed E-state index contributed by atoms with van der Waals surface area (Å²) in [5.41, 5.74) is 0.842. The van der Waals surface area contributed by atoms with Crippen molar-refractivity contribution in [2.75, 3.05) is 19.6 Å². The van der Waals surface area contributed by atoms with Crippen LogP contribution in [0.15, 0.2) is 10.6 Å². The zero-order valence-electron chi connectivity index (χ0n) is 11.7. The second-order valence-corrected chi connectivity index (χ2v) is 5.92. The van der Waals surface area contributed by atoms with Crippen molar-refractivity contribution in [3.05, 3.63) is 17.5 Å². The van der Waals surface area contributed by atoms with Crippen LogP contribution in [0.5, 0.6) is 0 Å². The number of aliphatic hydroxyl groups excluding tert-OH is 1. The second-order valence-electron chi connectivity index (χ2n) is 5.92. The van der Waals surface area contributed by atoms with Gasteiger partial charge in [-0.15, -0.1) is 0 Å². The molecule has 1 aromatic rings. The summed E-state index contributed by atoms with van der Waals surface area (Å²) < 4.78 is 5.18. The Morgan fingerprint density at radius 3 is 3.00 bits per heavy atom. The number of nitrogens with one attached hydrogen (secondary N) is 1. The van der Waals surface area contributed by atoms with Crippen molar-refractivity contribution in [1.29, 1.82) is 0 Å². The minimum absolute atomic E-state index is 0.0345. The summed E-state index contributed by atoms with van der Waals surface area (Å²) in [7, 11) is 0. The Morgan fingerprint density at radius 1 is 1.55 bits per heavy atom. The van der Waals surface area contributed by atoms with Crippen LogP contribution in [0.1, 0.15) is 24.3 Å². The molecule has 0 radical (unpaired) electrons. The van der Waals surface area contributed by atoms with Crippen molar-refractivity contribution < 1.29 is 14.4 Å². The van der Waals surface area contributed by atoms with Crippen LogP contribution < -0.4 is 5.32 Å². The number of aromatic nitrogens is 1. The molecule has 1 aliphatic heterocycles. The highest BCUT2D eigenvalue weighted by atomic mass is 16.5. The Morgan fingerprint density at radius 2 is 2.35 bits per heavy atom. The minimum Gasteiger partial charge on any atom is -0.391 e. The molecular formula is C14H21N3O3.